The zero-order chi connectivity index (χ0) is 22.6. The lowest BCUT2D eigenvalue weighted by molar-refractivity contribution is -0.187. The summed E-state index contributed by atoms with van der Waals surface area (Å²) in [6.07, 6.45) is 3.48. The fourth-order valence-corrected chi connectivity index (χ4v) is 4.08. The van der Waals surface area contributed by atoms with Gasteiger partial charge in [-0.1, -0.05) is 12.1 Å². The molecular weight excluding hydrogens is 413 g/mol. The Kier molecular flexibility index (Phi) is 6.99. The lowest BCUT2D eigenvalue weighted by atomic mass is 9.77. The van der Waals surface area contributed by atoms with Crippen LogP contribution in [0.2, 0.25) is 0 Å². The van der Waals surface area contributed by atoms with Gasteiger partial charge in [-0.15, -0.1) is 6.58 Å². The molecule has 0 radical (unpaired) electrons. The third-order valence-electron chi connectivity index (χ3n) is 5.78. The summed E-state index contributed by atoms with van der Waals surface area (Å²) in [6, 6.07) is 5.70. The van der Waals surface area contributed by atoms with E-state index in [4.69, 9.17) is 5.26 Å². The smallest absolute Gasteiger partial charge is 0.429 e. The molecule has 0 atom stereocenters. The minimum Gasteiger partial charge on any atom is -0.429 e. The quantitative estimate of drug-likeness (QED) is 0.337. The highest BCUT2D eigenvalue weighted by Crippen LogP contribution is 2.40. The Labute approximate surface area is 178 Å². The molecule has 1 saturated carbocycles. The Bertz CT molecular complexity index is 967. The van der Waals surface area contributed by atoms with Gasteiger partial charge in [0.2, 0.25) is 0 Å². The summed E-state index contributed by atoms with van der Waals surface area (Å²) in [5.74, 6) is -3.98. The van der Waals surface area contributed by atoms with Crippen molar-refractivity contribution in [3.05, 3.63) is 77.1 Å². The van der Waals surface area contributed by atoms with Gasteiger partial charge in [-0.2, -0.15) is 14.0 Å². The molecule has 1 aliphatic carbocycles. The molecule has 0 aromatic heterocycles. The van der Waals surface area contributed by atoms with Gasteiger partial charge < -0.3 is 4.74 Å². The Balaban J connectivity index is 1.73. The summed E-state index contributed by atoms with van der Waals surface area (Å²) in [5, 5.41) is 8.65. The lowest BCUT2D eigenvalue weighted by Gasteiger charge is -2.29. The minimum atomic E-state index is -4.15. The number of allylic oxidation sites excluding steroid dienone is 1. The number of nitriles is 1. The molecule has 2 aromatic carbocycles. The molecule has 2 nitrogen and oxygen atoms in total. The number of hydrogen-bond acceptors (Lipinski definition) is 2. The van der Waals surface area contributed by atoms with E-state index in [9.17, 15) is 22.0 Å². The third-order valence-corrected chi connectivity index (χ3v) is 5.78. The number of rotatable bonds is 7. The van der Waals surface area contributed by atoms with Crippen LogP contribution in [-0.4, -0.2) is 0 Å². The number of hydrogen-bond donors (Lipinski definition) is 0. The topological polar surface area (TPSA) is 33.0 Å². The maximum absolute atomic E-state index is 14.6. The van der Waals surface area contributed by atoms with E-state index in [-0.39, 0.29) is 5.92 Å². The van der Waals surface area contributed by atoms with Crippen LogP contribution in [0, 0.1) is 34.7 Å². The second-order valence-electron chi connectivity index (χ2n) is 7.82. The number of halogens is 5. The van der Waals surface area contributed by atoms with Crippen LogP contribution in [0.4, 0.5) is 22.0 Å². The second kappa shape index (κ2) is 9.51. The van der Waals surface area contributed by atoms with Crippen molar-refractivity contribution in [2.45, 2.75) is 50.6 Å². The SMILES string of the molecule is C=CCC[C@H]1CC[C@H](c2ccc(C(F)(F)Oc3cc(F)c(C#N)c(F)c3)c(F)c2)CC1. The van der Waals surface area contributed by atoms with Gasteiger partial charge in [0.1, 0.15) is 34.8 Å². The van der Waals surface area contributed by atoms with Crippen molar-refractivity contribution in [2.24, 2.45) is 5.92 Å². The third kappa shape index (κ3) is 5.25. The molecule has 3 rings (SSSR count). The molecule has 0 saturated heterocycles. The van der Waals surface area contributed by atoms with Gasteiger partial charge in [0.05, 0.1) is 5.56 Å². The maximum Gasteiger partial charge on any atom is 0.429 e. The predicted octanol–water partition coefficient (Wildman–Crippen LogP) is 7.34. The number of benzene rings is 2. The van der Waals surface area contributed by atoms with Crippen LogP contribution in [0.15, 0.2) is 43.0 Å². The average Bonchev–Trinajstić information content (AvgIpc) is 2.72. The number of ether oxygens (including phenoxy) is 1. The van der Waals surface area contributed by atoms with Crippen molar-refractivity contribution in [1.29, 1.82) is 5.26 Å². The average molecular weight is 435 g/mol. The molecule has 7 heteroatoms. The molecule has 0 heterocycles. The fraction of sp³-hybridized carbons (Fsp3) is 0.375. The molecule has 1 aliphatic rings. The van der Waals surface area contributed by atoms with Crippen LogP contribution in [-0.2, 0) is 6.11 Å². The molecule has 0 amide bonds. The van der Waals surface area contributed by atoms with Gasteiger partial charge in [0.25, 0.3) is 0 Å². The molecule has 0 spiro atoms. The second-order valence-corrected chi connectivity index (χ2v) is 7.82. The van der Waals surface area contributed by atoms with E-state index in [2.05, 4.69) is 11.3 Å². The summed E-state index contributed by atoms with van der Waals surface area (Å²) in [6.45, 7) is 3.72. The van der Waals surface area contributed by atoms with E-state index < -0.39 is 40.4 Å². The Morgan fingerprint density at radius 3 is 2.23 bits per heavy atom. The predicted molar refractivity (Wildman–Crippen MR) is 106 cm³/mol. The van der Waals surface area contributed by atoms with Crippen molar-refractivity contribution in [1.82, 2.24) is 0 Å². The van der Waals surface area contributed by atoms with E-state index in [1.54, 1.807) is 0 Å². The van der Waals surface area contributed by atoms with E-state index in [0.29, 0.717) is 23.6 Å². The Morgan fingerprint density at radius 2 is 1.68 bits per heavy atom. The maximum atomic E-state index is 14.6. The Hall–Kier alpha value is -2.88. The Morgan fingerprint density at radius 1 is 1.03 bits per heavy atom. The van der Waals surface area contributed by atoms with Crippen LogP contribution in [0.5, 0.6) is 5.75 Å². The zero-order valence-corrected chi connectivity index (χ0v) is 16.8. The van der Waals surface area contributed by atoms with Crippen LogP contribution < -0.4 is 4.74 Å². The highest BCUT2D eigenvalue weighted by atomic mass is 19.3. The van der Waals surface area contributed by atoms with Crippen LogP contribution >= 0.6 is 0 Å². The first-order chi connectivity index (χ1) is 14.7. The molecule has 1 fully saturated rings. The largest absolute Gasteiger partial charge is 0.429 e. The van der Waals surface area contributed by atoms with Gasteiger partial charge in [0.15, 0.2) is 0 Å². The van der Waals surface area contributed by atoms with E-state index >= 15 is 0 Å². The number of alkyl halides is 2. The highest BCUT2D eigenvalue weighted by molar-refractivity contribution is 5.38. The van der Waals surface area contributed by atoms with Crippen LogP contribution in [0.1, 0.15) is 61.1 Å². The summed E-state index contributed by atoms with van der Waals surface area (Å²) in [7, 11) is 0. The van der Waals surface area contributed by atoms with Gasteiger partial charge in [-0.25, -0.2) is 13.2 Å². The first-order valence-corrected chi connectivity index (χ1v) is 10.1. The first kappa shape index (κ1) is 22.8. The van der Waals surface area contributed by atoms with Gasteiger partial charge in [-0.3, -0.25) is 0 Å². The number of nitrogens with zero attached hydrogens (tertiary/aromatic N) is 1. The fourth-order valence-electron chi connectivity index (χ4n) is 4.08. The minimum absolute atomic E-state index is 0.0970. The molecule has 0 N–H and O–H groups in total. The molecule has 0 unspecified atom stereocenters. The molecule has 164 valence electrons. The summed E-state index contributed by atoms with van der Waals surface area (Å²) in [5.41, 5.74) is -1.29. The normalized spacial score (nSPS) is 19.0. The summed E-state index contributed by atoms with van der Waals surface area (Å²) < 4.78 is 75.3. The van der Waals surface area contributed by atoms with Crippen molar-refractivity contribution in [3.8, 4) is 11.8 Å². The van der Waals surface area contributed by atoms with Crippen molar-refractivity contribution < 1.29 is 26.7 Å². The zero-order valence-electron chi connectivity index (χ0n) is 16.8. The standard InChI is InChI=1S/C24H22F5NO/c1-2-3-4-15-5-7-16(8-6-15)17-9-10-20(23(27)11-17)24(28,29)31-18-12-21(25)19(14-30)22(26)13-18/h2,9-13,15-16H,1,3-8H2/t15-,16-. The van der Waals surface area contributed by atoms with E-state index in [0.717, 1.165) is 50.7 Å². The summed E-state index contributed by atoms with van der Waals surface area (Å²) in [4.78, 5) is 0. The van der Waals surface area contributed by atoms with Crippen molar-refractivity contribution in [3.63, 3.8) is 0 Å². The highest BCUT2D eigenvalue weighted by Gasteiger charge is 2.38. The lowest BCUT2D eigenvalue weighted by Crippen LogP contribution is -2.24. The summed E-state index contributed by atoms with van der Waals surface area (Å²) >= 11 is 0. The van der Waals surface area contributed by atoms with Crippen molar-refractivity contribution >= 4 is 0 Å². The monoisotopic (exact) mass is 435 g/mol. The molecule has 2 aromatic rings. The van der Waals surface area contributed by atoms with Gasteiger partial charge in [-0.05, 0) is 68.1 Å². The van der Waals surface area contributed by atoms with Crippen LogP contribution in [0.3, 0.4) is 0 Å². The van der Waals surface area contributed by atoms with Gasteiger partial charge in [0, 0.05) is 12.1 Å². The molecule has 0 bridgehead atoms. The van der Waals surface area contributed by atoms with Gasteiger partial charge >= 0.3 is 6.11 Å². The van der Waals surface area contributed by atoms with Crippen LogP contribution in [0.25, 0.3) is 0 Å². The first-order valence-electron chi connectivity index (χ1n) is 10.1. The molecule has 31 heavy (non-hydrogen) atoms. The molecule has 0 aliphatic heterocycles. The van der Waals surface area contributed by atoms with Crippen molar-refractivity contribution in [2.75, 3.05) is 0 Å². The molecular formula is C24H22F5NO. The van der Waals surface area contributed by atoms with E-state index in [1.165, 1.54) is 12.1 Å². The van der Waals surface area contributed by atoms with E-state index in [1.807, 2.05) is 6.08 Å².